The Balaban J connectivity index is 0.000000371. The van der Waals surface area contributed by atoms with Gasteiger partial charge in [0.2, 0.25) is 0 Å². The van der Waals surface area contributed by atoms with Gasteiger partial charge in [0.25, 0.3) is 0 Å². The normalized spacial score (nSPS) is 7.40. The Labute approximate surface area is 62.4 Å². The highest BCUT2D eigenvalue weighted by Crippen LogP contribution is 1.94. The third-order valence-corrected chi connectivity index (χ3v) is 0.920. The van der Waals surface area contributed by atoms with E-state index >= 15 is 0 Å². The van der Waals surface area contributed by atoms with E-state index in [1.165, 1.54) is 0 Å². The van der Waals surface area contributed by atoms with Crippen molar-refractivity contribution in [2.75, 3.05) is 0 Å². The molecule has 0 bridgehead atoms. The van der Waals surface area contributed by atoms with Gasteiger partial charge >= 0.3 is 0 Å². The van der Waals surface area contributed by atoms with Crippen LogP contribution in [0.15, 0.2) is 31.1 Å². The Morgan fingerprint density at radius 2 is 2.20 bits per heavy atom. The van der Waals surface area contributed by atoms with Gasteiger partial charge in [0.15, 0.2) is 0 Å². The summed E-state index contributed by atoms with van der Waals surface area (Å²) in [4.78, 5) is 3.88. The minimum Gasteiger partial charge on any atom is -0.264 e. The van der Waals surface area contributed by atoms with Gasteiger partial charge in [-0.15, -0.1) is 0 Å². The molecule has 10 heavy (non-hydrogen) atoms. The van der Waals surface area contributed by atoms with Crippen LogP contribution in [0.2, 0.25) is 0 Å². The molecule has 0 aliphatic carbocycles. The van der Waals surface area contributed by atoms with Gasteiger partial charge in [-0.3, -0.25) is 4.98 Å². The second kappa shape index (κ2) is 6.02. The molecule has 1 nitrogen and oxygen atoms in total. The third kappa shape index (κ3) is 3.02. The molecular weight excluding hydrogens is 122 g/mol. The van der Waals surface area contributed by atoms with E-state index in [4.69, 9.17) is 0 Å². The molecule has 54 valence electrons. The molecule has 1 heteroatoms. The fourth-order valence-electron chi connectivity index (χ4n) is 0.497. The van der Waals surface area contributed by atoms with Gasteiger partial charge in [-0.25, -0.2) is 0 Å². The lowest BCUT2D eigenvalue weighted by Crippen LogP contribution is -1.70. The summed E-state index contributed by atoms with van der Waals surface area (Å²) in [5.74, 6) is 0. The van der Waals surface area contributed by atoms with E-state index in [9.17, 15) is 0 Å². The van der Waals surface area contributed by atoms with E-state index in [-0.39, 0.29) is 0 Å². The summed E-state index contributed by atoms with van der Waals surface area (Å²) >= 11 is 0. The molecule has 0 atom stereocenters. The second-order valence-corrected chi connectivity index (χ2v) is 1.49. The molecule has 0 saturated carbocycles. The molecule has 1 aromatic heterocycles. The number of hydrogen-bond acceptors (Lipinski definition) is 1. The highest BCUT2D eigenvalue weighted by molar-refractivity contribution is 5.44. The number of rotatable bonds is 1. The predicted molar refractivity (Wildman–Crippen MR) is 45.7 cm³/mol. The molecule has 0 N–H and O–H groups in total. The largest absolute Gasteiger partial charge is 0.264 e. The molecule has 0 spiro atoms. The lowest BCUT2D eigenvalue weighted by atomic mass is 10.3. The minimum absolute atomic E-state index is 1.06. The second-order valence-electron chi connectivity index (χ2n) is 1.49. The Morgan fingerprint density at radius 3 is 2.50 bits per heavy atom. The van der Waals surface area contributed by atoms with Crippen molar-refractivity contribution in [1.82, 2.24) is 4.98 Å². The van der Waals surface area contributed by atoms with Crippen molar-refractivity contribution in [2.45, 2.75) is 13.8 Å². The number of nitrogens with zero attached hydrogens (tertiary/aromatic N) is 1. The van der Waals surface area contributed by atoms with Crippen LogP contribution in [0.4, 0.5) is 0 Å². The number of hydrogen-bond donors (Lipinski definition) is 0. The topological polar surface area (TPSA) is 12.9 Å². The first-order valence-corrected chi connectivity index (χ1v) is 3.46. The zero-order chi connectivity index (χ0) is 7.82. The Morgan fingerprint density at radius 1 is 1.50 bits per heavy atom. The van der Waals surface area contributed by atoms with Gasteiger partial charge in [0, 0.05) is 12.4 Å². The maximum absolute atomic E-state index is 3.88. The fraction of sp³-hybridized carbons (Fsp3) is 0.222. The average molecular weight is 135 g/mol. The van der Waals surface area contributed by atoms with Gasteiger partial charge in [0.1, 0.15) is 0 Å². The van der Waals surface area contributed by atoms with Crippen LogP contribution in [0.25, 0.3) is 6.08 Å². The predicted octanol–water partition coefficient (Wildman–Crippen LogP) is 2.75. The lowest BCUT2D eigenvalue weighted by Gasteiger charge is -1.84. The van der Waals surface area contributed by atoms with Crippen LogP contribution in [0, 0.1) is 0 Å². The standard InChI is InChI=1S/C7H7N.C2H6/c1-2-7-4-3-5-8-6-7;1-2/h2-6H,1H2;1-2H3. The van der Waals surface area contributed by atoms with Gasteiger partial charge in [-0.1, -0.05) is 32.6 Å². The van der Waals surface area contributed by atoms with Crippen LogP contribution in [-0.4, -0.2) is 4.98 Å². The molecule has 0 amide bonds. The highest BCUT2D eigenvalue weighted by atomic mass is 14.6. The average Bonchev–Trinajstić information content (AvgIpc) is 2.10. The first kappa shape index (κ1) is 8.89. The van der Waals surface area contributed by atoms with Gasteiger partial charge < -0.3 is 0 Å². The minimum atomic E-state index is 1.06. The Bertz CT molecular complexity index is 167. The van der Waals surface area contributed by atoms with E-state index in [2.05, 4.69) is 11.6 Å². The van der Waals surface area contributed by atoms with Crippen molar-refractivity contribution in [3.8, 4) is 0 Å². The summed E-state index contributed by atoms with van der Waals surface area (Å²) < 4.78 is 0. The van der Waals surface area contributed by atoms with Crippen LogP contribution in [0.3, 0.4) is 0 Å². The first-order chi connectivity index (χ1) is 4.93. The fourth-order valence-corrected chi connectivity index (χ4v) is 0.497. The van der Waals surface area contributed by atoms with Gasteiger partial charge in [0.05, 0.1) is 0 Å². The smallest absolute Gasteiger partial charge is 0.0340 e. The third-order valence-electron chi connectivity index (χ3n) is 0.920. The SMILES string of the molecule is C=Cc1cccnc1.CC. The van der Waals surface area contributed by atoms with Gasteiger partial charge in [-0.05, 0) is 11.6 Å². The summed E-state index contributed by atoms with van der Waals surface area (Å²) in [5.41, 5.74) is 1.06. The van der Waals surface area contributed by atoms with Crippen LogP contribution < -0.4 is 0 Å². The highest BCUT2D eigenvalue weighted by Gasteiger charge is 1.77. The van der Waals surface area contributed by atoms with E-state index < -0.39 is 0 Å². The lowest BCUT2D eigenvalue weighted by molar-refractivity contribution is 1.32. The molecule has 0 fully saturated rings. The van der Waals surface area contributed by atoms with E-state index in [0.29, 0.717) is 0 Å². The maximum Gasteiger partial charge on any atom is 0.0340 e. The monoisotopic (exact) mass is 135 g/mol. The summed E-state index contributed by atoms with van der Waals surface area (Å²) in [7, 11) is 0. The Hall–Kier alpha value is -1.11. The Kier molecular flexibility index (Phi) is 5.35. The summed E-state index contributed by atoms with van der Waals surface area (Å²) in [5, 5.41) is 0. The summed E-state index contributed by atoms with van der Waals surface area (Å²) in [6.45, 7) is 7.59. The molecule has 0 aliphatic rings. The van der Waals surface area contributed by atoms with E-state index in [0.717, 1.165) is 5.56 Å². The van der Waals surface area contributed by atoms with E-state index in [1.54, 1.807) is 18.5 Å². The molecule has 0 unspecified atom stereocenters. The molecule has 1 heterocycles. The molecule has 0 radical (unpaired) electrons. The maximum atomic E-state index is 3.88. The van der Waals surface area contributed by atoms with Crippen molar-refractivity contribution in [3.05, 3.63) is 36.7 Å². The van der Waals surface area contributed by atoms with Crippen molar-refractivity contribution in [3.63, 3.8) is 0 Å². The van der Waals surface area contributed by atoms with Gasteiger partial charge in [-0.2, -0.15) is 0 Å². The van der Waals surface area contributed by atoms with Crippen molar-refractivity contribution < 1.29 is 0 Å². The zero-order valence-electron chi connectivity index (χ0n) is 6.54. The van der Waals surface area contributed by atoms with Crippen molar-refractivity contribution in [2.24, 2.45) is 0 Å². The molecule has 0 aliphatic heterocycles. The number of aromatic nitrogens is 1. The molecular formula is C9H13N. The summed E-state index contributed by atoms with van der Waals surface area (Å²) in [6, 6.07) is 3.84. The van der Waals surface area contributed by atoms with Crippen LogP contribution in [-0.2, 0) is 0 Å². The van der Waals surface area contributed by atoms with Crippen molar-refractivity contribution >= 4 is 6.08 Å². The number of pyridine rings is 1. The van der Waals surface area contributed by atoms with E-state index in [1.807, 2.05) is 26.0 Å². The first-order valence-electron chi connectivity index (χ1n) is 3.46. The molecule has 0 saturated heterocycles. The van der Waals surface area contributed by atoms with Crippen LogP contribution >= 0.6 is 0 Å². The molecule has 0 aromatic carbocycles. The van der Waals surface area contributed by atoms with Crippen molar-refractivity contribution in [1.29, 1.82) is 0 Å². The molecule has 1 rings (SSSR count). The molecule has 1 aromatic rings. The quantitative estimate of drug-likeness (QED) is 0.577. The van der Waals surface area contributed by atoms with Crippen LogP contribution in [0.5, 0.6) is 0 Å². The van der Waals surface area contributed by atoms with Crippen LogP contribution in [0.1, 0.15) is 19.4 Å². The summed E-state index contributed by atoms with van der Waals surface area (Å²) in [6.07, 6.45) is 5.28. The zero-order valence-corrected chi connectivity index (χ0v) is 6.54.